The Morgan fingerprint density at radius 1 is 1.28 bits per heavy atom. The van der Waals surface area contributed by atoms with Crippen LogP contribution in [0.15, 0.2) is 47.2 Å². The first-order valence-electron chi connectivity index (χ1n) is 5.55. The van der Waals surface area contributed by atoms with Crippen LogP contribution in [0.1, 0.15) is 18.1 Å². The summed E-state index contributed by atoms with van der Waals surface area (Å²) in [6, 6.07) is 7.80. The Bertz CT molecular complexity index is 540. The van der Waals surface area contributed by atoms with E-state index in [0.29, 0.717) is 12.0 Å². The van der Waals surface area contributed by atoms with Crippen LogP contribution in [0.25, 0.3) is 0 Å². The number of nitrogens with zero attached hydrogens (tertiary/aromatic N) is 1. The topological polar surface area (TPSA) is 33.1 Å². The number of rotatable bonds is 3. The molecule has 0 aliphatic heterocycles. The van der Waals surface area contributed by atoms with Crippen molar-refractivity contribution in [3.63, 3.8) is 0 Å². The summed E-state index contributed by atoms with van der Waals surface area (Å²) >= 11 is 3.34. The Labute approximate surface area is 114 Å². The van der Waals surface area contributed by atoms with Crippen LogP contribution >= 0.6 is 15.9 Å². The molecule has 0 radical (unpaired) electrons. The fraction of sp³-hybridized carbons (Fsp3) is 0.214. The predicted octanol–water partition coefficient (Wildman–Crippen LogP) is 3.43. The lowest BCUT2D eigenvalue weighted by atomic mass is 9.90. The van der Waals surface area contributed by atoms with E-state index in [9.17, 15) is 9.50 Å². The maximum Gasteiger partial charge on any atom is 0.123 e. The molecular weight excluding hydrogens is 297 g/mol. The maximum atomic E-state index is 12.9. The van der Waals surface area contributed by atoms with E-state index in [-0.39, 0.29) is 5.82 Å². The van der Waals surface area contributed by atoms with E-state index in [2.05, 4.69) is 20.9 Å². The van der Waals surface area contributed by atoms with Crippen LogP contribution < -0.4 is 0 Å². The number of aliphatic hydroxyl groups is 1. The average molecular weight is 310 g/mol. The molecule has 1 atom stereocenters. The van der Waals surface area contributed by atoms with E-state index >= 15 is 0 Å². The largest absolute Gasteiger partial charge is 0.385 e. The van der Waals surface area contributed by atoms with Gasteiger partial charge in [-0.3, -0.25) is 4.98 Å². The van der Waals surface area contributed by atoms with Gasteiger partial charge in [-0.15, -0.1) is 0 Å². The van der Waals surface area contributed by atoms with Crippen molar-refractivity contribution < 1.29 is 9.50 Å². The molecule has 1 heterocycles. The Kier molecular flexibility index (Phi) is 3.78. The highest BCUT2D eigenvalue weighted by Crippen LogP contribution is 2.26. The monoisotopic (exact) mass is 309 g/mol. The normalized spacial score (nSPS) is 14.2. The van der Waals surface area contributed by atoms with Gasteiger partial charge in [0.2, 0.25) is 0 Å². The first-order chi connectivity index (χ1) is 8.47. The van der Waals surface area contributed by atoms with Gasteiger partial charge in [0.25, 0.3) is 0 Å². The third kappa shape index (κ3) is 3.15. The van der Waals surface area contributed by atoms with Crippen LogP contribution in [-0.2, 0) is 12.0 Å². The van der Waals surface area contributed by atoms with Gasteiger partial charge < -0.3 is 5.11 Å². The number of halogens is 2. The number of benzene rings is 1. The van der Waals surface area contributed by atoms with Crippen molar-refractivity contribution in [2.24, 2.45) is 0 Å². The Hall–Kier alpha value is -1.26. The second kappa shape index (κ2) is 5.16. The van der Waals surface area contributed by atoms with Crippen molar-refractivity contribution in [3.05, 3.63) is 64.1 Å². The van der Waals surface area contributed by atoms with Crippen molar-refractivity contribution >= 4 is 15.9 Å². The third-order valence-electron chi connectivity index (χ3n) is 2.78. The average Bonchev–Trinajstić information content (AvgIpc) is 2.29. The van der Waals surface area contributed by atoms with Gasteiger partial charge in [-0.1, -0.05) is 12.1 Å². The molecule has 2 nitrogen and oxygen atoms in total. The minimum Gasteiger partial charge on any atom is -0.385 e. The molecule has 0 aliphatic rings. The SMILES string of the molecule is CC(O)(Cc1cncc(Br)c1)c1ccc(F)cc1. The van der Waals surface area contributed by atoms with E-state index in [4.69, 9.17) is 0 Å². The Morgan fingerprint density at radius 2 is 1.94 bits per heavy atom. The van der Waals surface area contributed by atoms with Crippen LogP contribution in [0, 0.1) is 5.82 Å². The lowest BCUT2D eigenvalue weighted by Crippen LogP contribution is -2.24. The van der Waals surface area contributed by atoms with Gasteiger partial charge in [-0.2, -0.15) is 0 Å². The molecule has 0 amide bonds. The van der Waals surface area contributed by atoms with Crippen LogP contribution in [-0.4, -0.2) is 10.1 Å². The molecule has 4 heteroatoms. The molecule has 0 aliphatic carbocycles. The molecule has 1 aromatic carbocycles. The highest BCUT2D eigenvalue weighted by atomic mass is 79.9. The van der Waals surface area contributed by atoms with Crippen LogP contribution in [0.3, 0.4) is 0 Å². The van der Waals surface area contributed by atoms with Crippen molar-refractivity contribution in [2.45, 2.75) is 18.9 Å². The summed E-state index contributed by atoms with van der Waals surface area (Å²) in [4.78, 5) is 4.06. The standard InChI is InChI=1S/C14H13BrFNO/c1-14(18,11-2-4-13(16)5-3-11)7-10-6-12(15)9-17-8-10/h2-6,8-9,18H,7H2,1H3. The Balaban J connectivity index is 2.23. The first-order valence-corrected chi connectivity index (χ1v) is 6.34. The van der Waals surface area contributed by atoms with E-state index in [1.165, 1.54) is 12.1 Å². The molecule has 94 valence electrons. The van der Waals surface area contributed by atoms with Crippen LogP contribution in [0.4, 0.5) is 4.39 Å². The molecule has 0 bridgehead atoms. The lowest BCUT2D eigenvalue weighted by molar-refractivity contribution is 0.0574. The first kappa shape index (κ1) is 13.2. The van der Waals surface area contributed by atoms with E-state index in [1.807, 2.05) is 6.07 Å². The molecule has 0 spiro atoms. The smallest absolute Gasteiger partial charge is 0.123 e. The highest BCUT2D eigenvalue weighted by Gasteiger charge is 2.23. The summed E-state index contributed by atoms with van der Waals surface area (Å²) in [5.74, 6) is -0.307. The molecular formula is C14H13BrFNO. The van der Waals surface area contributed by atoms with Gasteiger partial charge in [0.05, 0.1) is 5.60 Å². The van der Waals surface area contributed by atoms with Gasteiger partial charge in [0, 0.05) is 23.3 Å². The molecule has 2 aromatic rings. The van der Waals surface area contributed by atoms with Gasteiger partial charge in [-0.05, 0) is 52.2 Å². The molecule has 18 heavy (non-hydrogen) atoms. The summed E-state index contributed by atoms with van der Waals surface area (Å²) in [5.41, 5.74) is 0.554. The van der Waals surface area contributed by atoms with Crippen LogP contribution in [0.2, 0.25) is 0 Å². The van der Waals surface area contributed by atoms with Gasteiger partial charge in [0.15, 0.2) is 0 Å². The number of hydrogen-bond acceptors (Lipinski definition) is 2. The van der Waals surface area contributed by atoms with E-state index in [1.54, 1.807) is 31.5 Å². The highest BCUT2D eigenvalue weighted by molar-refractivity contribution is 9.10. The lowest BCUT2D eigenvalue weighted by Gasteiger charge is -2.24. The summed E-state index contributed by atoms with van der Waals surface area (Å²) in [5, 5.41) is 10.5. The summed E-state index contributed by atoms with van der Waals surface area (Å²) in [6.07, 6.45) is 3.82. The van der Waals surface area contributed by atoms with E-state index < -0.39 is 5.60 Å². The molecule has 1 aromatic heterocycles. The van der Waals surface area contributed by atoms with E-state index in [0.717, 1.165) is 10.0 Å². The molecule has 1 unspecified atom stereocenters. The second-order valence-electron chi connectivity index (χ2n) is 4.47. The number of pyridine rings is 1. The molecule has 0 saturated heterocycles. The molecule has 1 N–H and O–H groups in total. The maximum absolute atomic E-state index is 12.9. The summed E-state index contributed by atoms with van der Waals surface area (Å²) in [7, 11) is 0. The molecule has 2 rings (SSSR count). The van der Waals surface area contributed by atoms with Gasteiger partial charge in [0.1, 0.15) is 5.82 Å². The summed E-state index contributed by atoms with van der Waals surface area (Å²) in [6.45, 7) is 1.71. The fourth-order valence-electron chi connectivity index (χ4n) is 1.86. The zero-order valence-electron chi connectivity index (χ0n) is 9.90. The number of aromatic nitrogens is 1. The molecule has 0 saturated carbocycles. The van der Waals surface area contributed by atoms with Crippen molar-refractivity contribution in [3.8, 4) is 0 Å². The zero-order valence-corrected chi connectivity index (χ0v) is 11.5. The minimum atomic E-state index is -1.05. The quantitative estimate of drug-likeness (QED) is 0.942. The van der Waals surface area contributed by atoms with Crippen molar-refractivity contribution in [1.29, 1.82) is 0 Å². The molecule has 0 fully saturated rings. The van der Waals surface area contributed by atoms with Gasteiger partial charge >= 0.3 is 0 Å². The zero-order chi connectivity index (χ0) is 13.2. The Morgan fingerprint density at radius 3 is 2.56 bits per heavy atom. The minimum absolute atomic E-state index is 0.307. The summed E-state index contributed by atoms with van der Waals surface area (Å²) < 4.78 is 13.7. The van der Waals surface area contributed by atoms with Gasteiger partial charge in [-0.25, -0.2) is 4.39 Å². The van der Waals surface area contributed by atoms with Crippen molar-refractivity contribution in [2.75, 3.05) is 0 Å². The second-order valence-corrected chi connectivity index (χ2v) is 5.38. The predicted molar refractivity (Wildman–Crippen MR) is 71.6 cm³/mol. The third-order valence-corrected chi connectivity index (χ3v) is 3.21. The fourth-order valence-corrected chi connectivity index (χ4v) is 2.27. The van der Waals surface area contributed by atoms with Crippen molar-refractivity contribution in [1.82, 2.24) is 4.98 Å². The number of hydrogen-bond donors (Lipinski definition) is 1. The van der Waals surface area contributed by atoms with Crippen LogP contribution in [0.5, 0.6) is 0 Å².